The van der Waals surface area contributed by atoms with E-state index in [1.54, 1.807) is 11.9 Å². The Labute approximate surface area is 230 Å². The zero-order chi connectivity index (χ0) is 26.0. The molecule has 0 spiro atoms. The van der Waals surface area contributed by atoms with E-state index in [2.05, 4.69) is 72.1 Å². The second-order valence-electron chi connectivity index (χ2n) is 10.9. The van der Waals surface area contributed by atoms with Crippen molar-refractivity contribution < 1.29 is 9.00 Å². The molecular weight excluding hydrogens is 521 g/mol. The van der Waals surface area contributed by atoms with Crippen LogP contribution in [0.15, 0.2) is 41.3 Å². The predicted molar refractivity (Wildman–Crippen MR) is 158 cm³/mol. The number of aromatic nitrogens is 1. The molecule has 0 bridgehead atoms. The Kier molecular flexibility index (Phi) is 8.24. The first-order chi connectivity index (χ1) is 17.8. The fraction of sp³-hybridized carbons (Fsp3) is 0.500. The molecule has 2 aliphatic rings. The van der Waals surface area contributed by atoms with Gasteiger partial charge in [-0.1, -0.05) is 30.3 Å². The van der Waals surface area contributed by atoms with Gasteiger partial charge >= 0.3 is 0 Å². The van der Waals surface area contributed by atoms with E-state index in [1.165, 1.54) is 33.4 Å². The average Bonchev–Trinajstić information content (AvgIpc) is 3.34. The molecule has 9 heteroatoms. The number of piperidine rings is 1. The molecular formula is C28H36N4O2S3. The van der Waals surface area contributed by atoms with Gasteiger partial charge in [-0.2, -0.15) is 0 Å². The lowest BCUT2D eigenvalue weighted by Gasteiger charge is -2.28. The Morgan fingerprint density at radius 2 is 1.76 bits per heavy atom. The van der Waals surface area contributed by atoms with E-state index in [9.17, 15) is 9.00 Å². The number of carbonyl (C=O) groups excluding carboxylic acids is 1. The van der Waals surface area contributed by atoms with Gasteiger partial charge in [-0.25, -0.2) is 4.98 Å². The first kappa shape index (κ1) is 26.7. The van der Waals surface area contributed by atoms with Crippen LogP contribution in [0.3, 0.4) is 0 Å². The number of hydrogen-bond donors (Lipinski definition) is 2. The topological polar surface area (TPSA) is 74.3 Å². The zero-order valence-corrected chi connectivity index (χ0v) is 24.3. The van der Waals surface area contributed by atoms with Crippen molar-refractivity contribution in [2.24, 2.45) is 0 Å². The van der Waals surface area contributed by atoms with Crippen LogP contribution in [0.25, 0.3) is 21.2 Å². The Bertz CT molecular complexity index is 1280. The number of carbonyl (C=O) groups is 1. The highest BCUT2D eigenvalue weighted by atomic mass is 32.2. The normalized spacial score (nSPS) is 20.8. The number of anilines is 1. The number of thiazole rings is 1. The number of nitrogens with zero attached hydrogens (tertiary/aromatic N) is 2. The number of benzene rings is 2. The minimum Gasteiger partial charge on any atom is -0.355 e. The maximum Gasteiger partial charge on any atom is 0.280 e. The minimum absolute atomic E-state index is 0.000813. The quantitative estimate of drug-likeness (QED) is 0.364. The summed E-state index contributed by atoms with van der Waals surface area (Å²) in [5.74, 6) is 2.14. The van der Waals surface area contributed by atoms with Crippen molar-refractivity contribution in [2.45, 2.75) is 69.4 Å². The van der Waals surface area contributed by atoms with Crippen LogP contribution in [-0.2, 0) is 10.8 Å². The smallest absolute Gasteiger partial charge is 0.280 e. The highest BCUT2D eigenvalue weighted by Crippen LogP contribution is 2.42. The third-order valence-corrected chi connectivity index (χ3v) is 10.5. The molecule has 2 aliphatic heterocycles. The molecule has 2 aromatic carbocycles. The van der Waals surface area contributed by atoms with Gasteiger partial charge in [0.1, 0.15) is 5.82 Å². The second-order valence-corrected chi connectivity index (χ2v) is 14.5. The lowest BCUT2D eigenvalue weighted by Crippen LogP contribution is -2.39. The lowest BCUT2D eigenvalue weighted by atomic mass is 10.0. The van der Waals surface area contributed by atoms with Gasteiger partial charge in [-0.05, 0) is 81.7 Å². The summed E-state index contributed by atoms with van der Waals surface area (Å²) in [6.45, 7) is 8.43. The maximum atomic E-state index is 13.3. The third-order valence-electron chi connectivity index (χ3n) is 6.78. The fourth-order valence-electron chi connectivity index (χ4n) is 4.86. The van der Waals surface area contributed by atoms with Crippen LogP contribution in [0.4, 0.5) is 5.82 Å². The second kappa shape index (κ2) is 11.4. The highest BCUT2D eigenvalue weighted by Gasteiger charge is 2.27. The van der Waals surface area contributed by atoms with Crippen LogP contribution in [0.5, 0.6) is 0 Å². The molecule has 0 radical (unpaired) electrons. The molecule has 2 saturated heterocycles. The van der Waals surface area contributed by atoms with Crippen molar-refractivity contribution in [1.82, 2.24) is 15.0 Å². The molecule has 198 valence electrons. The minimum atomic E-state index is -0.748. The summed E-state index contributed by atoms with van der Waals surface area (Å²) < 4.78 is 15.3. The van der Waals surface area contributed by atoms with Gasteiger partial charge < -0.3 is 10.2 Å². The van der Waals surface area contributed by atoms with Gasteiger partial charge in [0.25, 0.3) is 5.91 Å². The van der Waals surface area contributed by atoms with E-state index in [4.69, 9.17) is 4.98 Å². The number of rotatable bonds is 6. The van der Waals surface area contributed by atoms with Crippen LogP contribution < -0.4 is 14.9 Å². The van der Waals surface area contributed by atoms with Crippen LogP contribution in [-0.4, -0.2) is 51.3 Å². The van der Waals surface area contributed by atoms with Crippen molar-refractivity contribution in [3.8, 4) is 10.4 Å². The molecule has 0 atom stereocenters. The van der Waals surface area contributed by atoms with Crippen LogP contribution in [0.1, 0.15) is 62.7 Å². The average molecular weight is 557 g/mol. The maximum absolute atomic E-state index is 13.3. The number of amides is 1. The van der Waals surface area contributed by atoms with Crippen LogP contribution in [0, 0.1) is 0 Å². The van der Waals surface area contributed by atoms with Gasteiger partial charge in [0.05, 0.1) is 4.88 Å². The standard InChI is InChI=1S/C28H36N4O2S3/c1-28(2,3)31-36-23-12-11-22(20-9-5-6-10-21(20)23)24-25(32-15-7-4-8-16-32)30-27(35-24)26(33)29-19-13-17-37(34)18-14-19/h5-6,9-12,19,31H,4,7-8,13-18H2,1-3H3,(H,29,33). The lowest BCUT2D eigenvalue weighted by molar-refractivity contribution is 0.0934. The van der Waals surface area contributed by atoms with Crippen molar-refractivity contribution in [2.75, 3.05) is 29.5 Å². The van der Waals surface area contributed by atoms with Crippen LogP contribution in [0.2, 0.25) is 0 Å². The fourth-order valence-corrected chi connectivity index (χ4v) is 8.03. The highest BCUT2D eigenvalue weighted by molar-refractivity contribution is 7.97. The zero-order valence-electron chi connectivity index (χ0n) is 21.8. The number of fused-ring (bicyclic) bond motifs is 1. The number of nitrogens with one attached hydrogen (secondary N) is 2. The summed E-state index contributed by atoms with van der Waals surface area (Å²) in [7, 11) is -0.748. The van der Waals surface area contributed by atoms with E-state index < -0.39 is 10.8 Å². The summed E-state index contributed by atoms with van der Waals surface area (Å²) in [6, 6.07) is 13.0. The van der Waals surface area contributed by atoms with Crippen molar-refractivity contribution in [3.63, 3.8) is 0 Å². The SMILES string of the molecule is CC(C)(C)NSc1ccc(-c2sc(C(=O)NC3CCS(=O)CC3)nc2N2CCCCC2)c2ccccc12. The van der Waals surface area contributed by atoms with Crippen LogP contribution >= 0.6 is 23.3 Å². The monoisotopic (exact) mass is 556 g/mol. The predicted octanol–water partition coefficient (Wildman–Crippen LogP) is 5.99. The number of hydrogen-bond acceptors (Lipinski definition) is 7. The first-order valence-corrected chi connectivity index (χ1v) is 16.3. The molecule has 0 aliphatic carbocycles. The van der Waals surface area contributed by atoms with E-state index in [1.807, 2.05) is 0 Å². The molecule has 0 saturated carbocycles. The summed E-state index contributed by atoms with van der Waals surface area (Å²) in [5, 5.41) is 6.05. The summed E-state index contributed by atoms with van der Waals surface area (Å²) in [6.07, 6.45) is 5.06. The van der Waals surface area contributed by atoms with E-state index in [0.29, 0.717) is 16.5 Å². The Hall–Kier alpha value is -1.94. The Balaban J connectivity index is 1.51. The largest absolute Gasteiger partial charge is 0.355 e. The molecule has 3 heterocycles. The van der Waals surface area contributed by atoms with E-state index in [0.717, 1.165) is 55.0 Å². The molecule has 2 fully saturated rings. The van der Waals surface area contributed by atoms with E-state index in [-0.39, 0.29) is 17.5 Å². The van der Waals surface area contributed by atoms with Gasteiger partial charge in [-0.15, -0.1) is 11.3 Å². The molecule has 5 rings (SSSR count). The summed E-state index contributed by atoms with van der Waals surface area (Å²) in [5.41, 5.74) is 1.13. The Morgan fingerprint density at radius 1 is 1.05 bits per heavy atom. The van der Waals surface area contributed by atoms with Gasteiger partial charge in [-0.3, -0.25) is 13.7 Å². The first-order valence-electron chi connectivity index (χ1n) is 13.2. The summed E-state index contributed by atoms with van der Waals surface area (Å²) in [4.78, 5) is 22.9. The molecule has 3 aromatic rings. The van der Waals surface area contributed by atoms with Gasteiger partial charge in [0.15, 0.2) is 5.01 Å². The molecule has 6 nitrogen and oxygen atoms in total. The summed E-state index contributed by atoms with van der Waals surface area (Å²) >= 11 is 3.16. The third kappa shape index (κ3) is 6.38. The van der Waals surface area contributed by atoms with Crippen molar-refractivity contribution in [1.29, 1.82) is 0 Å². The molecule has 1 amide bonds. The van der Waals surface area contributed by atoms with Crippen molar-refractivity contribution >= 4 is 56.6 Å². The van der Waals surface area contributed by atoms with Gasteiger partial charge in [0.2, 0.25) is 0 Å². The molecule has 37 heavy (non-hydrogen) atoms. The molecule has 1 aromatic heterocycles. The molecule has 2 N–H and O–H groups in total. The molecule has 0 unspecified atom stereocenters. The van der Waals surface area contributed by atoms with Crippen molar-refractivity contribution in [3.05, 3.63) is 41.4 Å². The Morgan fingerprint density at radius 3 is 2.46 bits per heavy atom. The van der Waals surface area contributed by atoms with Gasteiger partial charge in [0, 0.05) is 57.4 Å². The van der Waals surface area contributed by atoms with E-state index >= 15 is 0 Å².